The number of para-hydroxylation sites is 2. The van der Waals surface area contributed by atoms with E-state index in [4.69, 9.17) is 4.74 Å². The van der Waals surface area contributed by atoms with Crippen LogP contribution in [0.4, 0.5) is 11.4 Å². The molecule has 0 saturated heterocycles. The molecular formula is C37H49N7O10S2. The molecule has 11 atom stereocenters. The van der Waals surface area contributed by atoms with Crippen LogP contribution >= 0.6 is 0 Å². The van der Waals surface area contributed by atoms with Crippen molar-refractivity contribution in [2.75, 3.05) is 7.11 Å². The topological polar surface area (TPSA) is 254 Å². The Labute approximate surface area is 326 Å². The number of hydrogen-bond acceptors (Lipinski definition) is 11. The van der Waals surface area contributed by atoms with E-state index >= 15 is 0 Å². The van der Waals surface area contributed by atoms with Crippen molar-refractivity contribution in [1.29, 1.82) is 0 Å². The van der Waals surface area contributed by atoms with Crippen molar-refractivity contribution in [3.63, 3.8) is 0 Å². The van der Waals surface area contributed by atoms with Gasteiger partial charge in [0.05, 0.1) is 17.0 Å². The van der Waals surface area contributed by atoms with Crippen LogP contribution in [0.15, 0.2) is 63.4 Å². The molecule has 4 aliphatic carbocycles. The molecule has 2 aromatic rings. The van der Waals surface area contributed by atoms with Gasteiger partial charge in [-0.15, -0.1) is 0 Å². The van der Waals surface area contributed by atoms with Gasteiger partial charge in [0, 0.05) is 41.6 Å². The lowest BCUT2D eigenvalue weighted by Crippen LogP contribution is -2.67. The molecule has 0 unspecified atom stereocenters. The van der Waals surface area contributed by atoms with E-state index in [1.807, 2.05) is 13.8 Å². The van der Waals surface area contributed by atoms with Gasteiger partial charge in [-0.05, 0) is 115 Å². The predicted octanol–water partition coefficient (Wildman–Crippen LogP) is 6.64. The first kappa shape index (κ1) is 41.5. The Kier molecular flexibility index (Phi) is 11.6. The number of nitro benzene ring substituents is 2. The van der Waals surface area contributed by atoms with Gasteiger partial charge in [-0.2, -0.15) is 0 Å². The first-order valence-electron chi connectivity index (χ1n) is 19.0. The fourth-order valence-electron chi connectivity index (χ4n) is 11.5. The standard InChI is InChI=1S/C37H49N7O10S2/c1-22(13-16-34(45)54-4)25-14-15-26-35-27(21-33(37(25,26)3)41-56(52,53)32-12-8-6-10-30(32)44(48)49)36(2)18-17-24(39-42-38)19-23(36)20-28(35)40-55(50,51)31-11-7-5-9-29(31)43(46)47/h5-12,22-28,33,35,40-41H,13-21H2,1-4H3/t22-,23+,24-,25-,26+,27+,28-,33+,35+,36+,37-/m1/s1. The van der Waals surface area contributed by atoms with E-state index in [0.29, 0.717) is 44.9 Å². The van der Waals surface area contributed by atoms with Crippen LogP contribution in [0.3, 0.4) is 0 Å². The Balaban J connectivity index is 1.48. The number of nitro groups is 2. The number of carbonyl (C=O) groups is 1. The third-order valence-corrected chi connectivity index (χ3v) is 17.2. The second-order valence-electron chi connectivity index (χ2n) is 16.6. The van der Waals surface area contributed by atoms with Crippen molar-refractivity contribution in [2.24, 2.45) is 51.5 Å². The van der Waals surface area contributed by atoms with Gasteiger partial charge in [-0.1, -0.05) is 50.2 Å². The molecule has 0 spiro atoms. The van der Waals surface area contributed by atoms with E-state index in [-0.39, 0.29) is 60.4 Å². The van der Waals surface area contributed by atoms with Gasteiger partial charge in [-0.3, -0.25) is 25.0 Å². The Bertz CT molecular complexity index is 2150. The molecule has 0 aromatic heterocycles. The highest BCUT2D eigenvalue weighted by atomic mass is 32.2. The SMILES string of the molecule is COC(=O)CC[C@@H](C)[C@H]1CC[C@H]2[C@@H]3[C@H](NS(=O)(=O)c4ccccc4[N+](=O)[O-])C[C@@H]4C[C@H](N=[N+]=[N-])CC[C@]4(C)[C@H]3C[C@H](NS(=O)(=O)c3ccccc3[N+](=O)[O-])[C@]12C. The van der Waals surface area contributed by atoms with Crippen LogP contribution in [0.5, 0.6) is 0 Å². The highest BCUT2D eigenvalue weighted by molar-refractivity contribution is 7.90. The maximum absolute atomic E-state index is 14.4. The van der Waals surface area contributed by atoms with Gasteiger partial charge in [0.25, 0.3) is 11.4 Å². The largest absolute Gasteiger partial charge is 0.469 e. The molecule has 0 heterocycles. The van der Waals surface area contributed by atoms with Crippen LogP contribution in [0.25, 0.3) is 10.4 Å². The maximum atomic E-state index is 14.4. The van der Waals surface area contributed by atoms with E-state index in [1.54, 1.807) is 0 Å². The minimum absolute atomic E-state index is 0.0907. The number of carbonyl (C=O) groups excluding carboxylic acids is 1. The molecular weight excluding hydrogens is 767 g/mol. The van der Waals surface area contributed by atoms with Crippen molar-refractivity contribution in [3.8, 4) is 0 Å². The highest BCUT2D eigenvalue weighted by Gasteiger charge is 2.67. The molecule has 56 heavy (non-hydrogen) atoms. The molecule has 6 rings (SSSR count). The predicted molar refractivity (Wildman–Crippen MR) is 204 cm³/mol. The van der Waals surface area contributed by atoms with E-state index in [0.717, 1.165) is 12.1 Å². The normalized spacial score (nSPS) is 33.1. The Morgan fingerprint density at radius 2 is 1.52 bits per heavy atom. The molecule has 0 aliphatic heterocycles. The lowest BCUT2D eigenvalue weighted by molar-refractivity contribution is -0.388. The van der Waals surface area contributed by atoms with E-state index in [1.165, 1.54) is 43.5 Å². The summed E-state index contributed by atoms with van der Waals surface area (Å²) in [6.07, 6.45) is 4.24. The molecule has 2 aromatic carbocycles. The molecule has 0 radical (unpaired) electrons. The van der Waals surface area contributed by atoms with Crippen molar-refractivity contribution in [1.82, 2.24) is 9.44 Å². The molecule has 2 N–H and O–H groups in total. The molecule has 17 nitrogen and oxygen atoms in total. The van der Waals surface area contributed by atoms with Crippen LogP contribution in [0.2, 0.25) is 0 Å². The summed E-state index contributed by atoms with van der Waals surface area (Å²) in [6.45, 7) is 6.19. The molecule has 304 valence electrons. The summed E-state index contributed by atoms with van der Waals surface area (Å²) >= 11 is 0. The van der Waals surface area contributed by atoms with Gasteiger partial charge in [0.1, 0.15) is 0 Å². The molecule has 0 bridgehead atoms. The number of nitrogens with one attached hydrogen (secondary N) is 2. The fourth-order valence-corrected chi connectivity index (χ4v) is 14.5. The molecule has 0 amide bonds. The quantitative estimate of drug-likeness (QED) is 0.0544. The number of sulfonamides is 2. The molecule has 4 aliphatic rings. The lowest BCUT2D eigenvalue weighted by atomic mass is 9.42. The van der Waals surface area contributed by atoms with Crippen LogP contribution in [-0.4, -0.2) is 57.9 Å². The second kappa shape index (κ2) is 15.6. The van der Waals surface area contributed by atoms with Gasteiger partial charge in [0.2, 0.25) is 20.0 Å². The van der Waals surface area contributed by atoms with E-state index in [2.05, 4.69) is 26.4 Å². The highest BCUT2D eigenvalue weighted by Crippen LogP contribution is 2.69. The molecule has 4 saturated carbocycles. The van der Waals surface area contributed by atoms with Gasteiger partial charge < -0.3 is 4.74 Å². The van der Waals surface area contributed by atoms with E-state index < -0.39 is 74.0 Å². The first-order valence-corrected chi connectivity index (χ1v) is 22.0. The summed E-state index contributed by atoms with van der Waals surface area (Å²) < 4.78 is 68.0. The van der Waals surface area contributed by atoms with Crippen molar-refractivity contribution >= 4 is 37.4 Å². The van der Waals surface area contributed by atoms with Crippen LogP contribution in [0.1, 0.15) is 78.6 Å². The number of esters is 1. The number of fused-ring (bicyclic) bond motifs is 5. The minimum Gasteiger partial charge on any atom is -0.469 e. The number of rotatable bonds is 13. The van der Waals surface area contributed by atoms with Gasteiger partial charge in [0.15, 0.2) is 9.79 Å². The molecule has 19 heteroatoms. The third-order valence-electron chi connectivity index (χ3n) is 14.2. The zero-order valence-corrected chi connectivity index (χ0v) is 33.4. The van der Waals surface area contributed by atoms with Gasteiger partial charge in [-0.25, -0.2) is 26.3 Å². The smallest absolute Gasteiger partial charge is 0.305 e. The van der Waals surface area contributed by atoms with Crippen molar-refractivity contribution < 1.29 is 36.2 Å². The second-order valence-corrected chi connectivity index (χ2v) is 20.0. The number of benzene rings is 2. The average Bonchev–Trinajstić information content (AvgIpc) is 3.52. The van der Waals surface area contributed by atoms with Crippen LogP contribution in [-0.2, 0) is 29.6 Å². The number of azide groups is 1. The Hall–Kier alpha value is -4.16. The van der Waals surface area contributed by atoms with Crippen LogP contribution in [0, 0.1) is 66.6 Å². The minimum atomic E-state index is -4.48. The van der Waals surface area contributed by atoms with Crippen molar-refractivity contribution in [3.05, 3.63) is 79.2 Å². The maximum Gasteiger partial charge on any atom is 0.305 e. The third kappa shape index (κ3) is 7.39. The first-order chi connectivity index (χ1) is 26.4. The zero-order valence-electron chi connectivity index (χ0n) is 31.8. The summed E-state index contributed by atoms with van der Waals surface area (Å²) in [5, 5.41) is 28.0. The zero-order chi connectivity index (χ0) is 40.8. The number of nitrogens with zero attached hydrogens (tertiary/aromatic N) is 5. The van der Waals surface area contributed by atoms with Crippen molar-refractivity contribution in [2.45, 2.75) is 106 Å². The number of methoxy groups -OCH3 is 1. The lowest BCUT2D eigenvalue weighted by Gasteiger charge is -2.65. The average molecular weight is 816 g/mol. The summed E-state index contributed by atoms with van der Waals surface area (Å²) in [7, 11) is -7.62. The van der Waals surface area contributed by atoms with Crippen LogP contribution < -0.4 is 9.44 Å². The monoisotopic (exact) mass is 815 g/mol. The Morgan fingerprint density at radius 3 is 2.09 bits per heavy atom. The summed E-state index contributed by atoms with van der Waals surface area (Å²) in [6, 6.07) is 8.57. The fraction of sp³-hybridized carbons (Fsp3) is 0.649. The molecule has 4 fully saturated rings. The van der Waals surface area contributed by atoms with Gasteiger partial charge >= 0.3 is 5.97 Å². The van der Waals surface area contributed by atoms with E-state index in [9.17, 15) is 47.4 Å². The Morgan fingerprint density at radius 1 is 0.929 bits per heavy atom. The summed E-state index contributed by atoms with van der Waals surface area (Å²) in [5.74, 6) is -1.63. The summed E-state index contributed by atoms with van der Waals surface area (Å²) in [4.78, 5) is 36.9. The number of ether oxygens (including phenoxy) is 1. The number of hydrogen-bond donors (Lipinski definition) is 2. The summed E-state index contributed by atoms with van der Waals surface area (Å²) in [5.41, 5.74) is 6.94.